The lowest BCUT2D eigenvalue weighted by Gasteiger charge is -2.30. The van der Waals surface area contributed by atoms with Gasteiger partial charge in [0.1, 0.15) is 11.5 Å². The van der Waals surface area contributed by atoms with Crippen molar-refractivity contribution in [2.75, 3.05) is 6.61 Å². The molecule has 0 fully saturated rings. The second kappa shape index (κ2) is 8.45. The third-order valence-corrected chi connectivity index (χ3v) is 5.46. The van der Waals surface area contributed by atoms with Gasteiger partial charge in [-0.25, -0.2) is 19.0 Å². The van der Waals surface area contributed by atoms with Crippen LogP contribution in [0, 0.1) is 5.82 Å². The first kappa shape index (κ1) is 21.5. The van der Waals surface area contributed by atoms with Gasteiger partial charge in [-0.1, -0.05) is 19.1 Å². The maximum Gasteiger partial charge on any atom is 0.433 e. The molecule has 1 aromatic carbocycles. The molecule has 3 aliphatic rings. The molecule has 32 heavy (non-hydrogen) atoms. The Morgan fingerprint density at radius 3 is 2.56 bits per heavy atom. The molecule has 1 aromatic rings. The van der Waals surface area contributed by atoms with E-state index in [9.17, 15) is 18.8 Å². The predicted octanol–water partition coefficient (Wildman–Crippen LogP) is 2.80. The fourth-order valence-corrected chi connectivity index (χ4v) is 3.97. The molecule has 164 valence electrons. The van der Waals surface area contributed by atoms with Crippen molar-refractivity contribution in [3.8, 4) is 0 Å². The van der Waals surface area contributed by atoms with Gasteiger partial charge in [0, 0.05) is 24.3 Å². The molecule has 1 amide bonds. The van der Waals surface area contributed by atoms with Crippen LogP contribution < -0.4 is 0 Å². The summed E-state index contributed by atoms with van der Waals surface area (Å²) >= 11 is 0. The third kappa shape index (κ3) is 3.62. The molecule has 1 unspecified atom stereocenters. The molecule has 0 radical (unpaired) electrons. The number of halogens is 1. The number of Topliss-reactive ketones (excluding diaryl/α,β-unsaturated/α-hetero) is 1. The smallest absolute Gasteiger partial charge is 0.433 e. The lowest BCUT2D eigenvalue weighted by Crippen LogP contribution is -2.50. The number of allylic oxidation sites excluding steroid dienone is 2. The lowest BCUT2D eigenvalue weighted by atomic mass is 9.85. The first-order valence-electron chi connectivity index (χ1n) is 10.4. The molecule has 0 aliphatic carbocycles. The van der Waals surface area contributed by atoms with Crippen LogP contribution in [0.3, 0.4) is 0 Å². The maximum absolute atomic E-state index is 13.4. The van der Waals surface area contributed by atoms with E-state index < -0.39 is 18.0 Å². The van der Waals surface area contributed by atoms with Gasteiger partial charge in [-0.3, -0.25) is 4.79 Å². The van der Waals surface area contributed by atoms with Crippen LogP contribution in [0.1, 0.15) is 32.8 Å². The fraction of sp³-hybridized carbons (Fsp3) is 0.292. The number of ketones is 1. The van der Waals surface area contributed by atoms with Crippen LogP contribution in [0.4, 0.5) is 4.39 Å². The summed E-state index contributed by atoms with van der Waals surface area (Å²) in [5.74, 6) is -2.00. The molecule has 0 aromatic heterocycles. The van der Waals surface area contributed by atoms with E-state index in [1.807, 2.05) is 6.92 Å². The normalized spacial score (nSPS) is 19.6. The van der Waals surface area contributed by atoms with Gasteiger partial charge in [0.05, 0.1) is 6.61 Å². The molecule has 7 nitrogen and oxygen atoms in total. The summed E-state index contributed by atoms with van der Waals surface area (Å²) < 4.78 is 25.7. The molecule has 0 bridgehead atoms. The average Bonchev–Trinajstić information content (AvgIpc) is 2.78. The van der Waals surface area contributed by atoms with E-state index >= 15 is 0 Å². The van der Waals surface area contributed by atoms with Crippen molar-refractivity contribution < 1.29 is 32.8 Å². The van der Waals surface area contributed by atoms with E-state index in [-0.39, 0.29) is 29.5 Å². The van der Waals surface area contributed by atoms with Crippen LogP contribution in [0.2, 0.25) is 0 Å². The number of carbonyl (C=O) groups excluding carboxylic acids is 3. The molecule has 0 saturated carbocycles. The zero-order valence-corrected chi connectivity index (χ0v) is 18.0. The minimum atomic E-state index is -0.745. The van der Waals surface area contributed by atoms with E-state index in [2.05, 4.69) is 4.99 Å². The number of hydrogen-bond acceptors (Lipinski definition) is 6. The Bertz CT molecular complexity index is 1190. The highest BCUT2D eigenvalue weighted by atomic mass is 19.1. The summed E-state index contributed by atoms with van der Waals surface area (Å²) in [4.78, 5) is 42.7. The Morgan fingerprint density at radius 2 is 1.94 bits per heavy atom. The van der Waals surface area contributed by atoms with Crippen molar-refractivity contribution in [1.82, 2.24) is 0 Å². The summed E-state index contributed by atoms with van der Waals surface area (Å²) in [6.45, 7) is 4.95. The lowest BCUT2D eigenvalue weighted by molar-refractivity contribution is -0.385. The monoisotopic (exact) mass is 437 g/mol. The van der Waals surface area contributed by atoms with Gasteiger partial charge in [0.25, 0.3) is 5.71 Å². The summed E-state index contributed by atoms with van der Waals surface area (Å²) in [6.07, 6.45) is 2.95. The van der Waals surface area contributed by atoms with E-state index in [0.717, 1.165) is 5.56 Å². The first-order chi connectivity index (χ1) is 15.3. The van der Waals surface area contributed by atoms with E-state index in [1.54, 1.807) is 25.3 Å². The standard InChI is InChI=1S/C24H22FN2O5/c1-4-17-19(24(30)31-5-2)23(29)27-12-18(13(3)28)32-22-15(11-26-20(17)21(22)27)10-14-6-8-16(25)9-7-14/h6-9,11-12,22H,4-5,10H2,1-3H3/q+1. The van der Waals surface area contributed by atoms with Gasteiger partial charge in [0.2, 0.25) is 23.8 Å². The molecule has 0 saturated heterocycles. The number of rotatable bonds is 6. The van der Waals surface area contributed by atoms with Gasteiger partial charge in [-0.2, -0.15) is 0 Å². The van der Waals surface area contributed by atoms with Gasteiger partial charge in [-0.15, -0.1) is 4.58 Å². The molecular weight excluding hydrogens is 415 g/mol. The number of esters is 1. The summed E-state index contributed by atoms with van der Waals surface area (Å²) in [7, 11) is 0. The summed E-state index contributed by atoms with van der Waals surface area (Å²) in [5, 5.41) is 0. The fourth-order valence-electron chi connectivity index (χ4n) is 3.97. The zero-order valence-electron chi connectivity index (χ0n) is 18.0. The highest BCUT2D eigenvalue weighted by Gasteiger charge is 2.51. The number of ether oxygens (including phenoxy) is 2. The average molecular weight is 437 g/mol. The number of aliphatic imine (C=N–C) groups is 1. The number of benzene rings is 1. The van der Waals surface area contributed by atoms with Crippen molar-refractivity contribution >= 4 is 29.1 Å². The molecule has 4 rings (SSSR count). The molecule has 0 spiro atoms. The number of amides is 1. The minimum Gasteiger partial charge on any atom is -0.465 e. The quantitative estimate of drug-likeness (QED) is 0.388. The zero-order chi connectivity index (χ0) is 23.0. The van der Waals surface area contributed by atoms with Gasteiger partial charge in [0.15, 0.2) is 5.57 Å². The molecule has 1 atom stereocenters. The van der Waals surface area contributed by atoms with Crippen LogP contribution in [-0.2, 0) is 30.3 Å². The second-order valence-electron chi connectivity index (χ2n) is 7.52. The number of nitrogens with zero attached hydrogens (tertiary/aromatic N) is 2. The summed E-state index contributed by atoms with van der Waals surface area (Å²) in [6, 6.07) is 6.04. The van der Waals surface area contributed by atoms with Crippen LogP contribution in [0.25, 0.3) is 0 Å². The Balaban J connectivity index is 1.87. The molecular formula is C24H22FN2O5+. The largest absolute Gasteiger partial charge is 0.465 e. The van der Waals surface area contributed by atoms with Crippen molar-refractivity contribution in [2.45, 2.75) is 39.7 Å². The van der Waals surface area contributed by atoms with Crippen LogP contribution >= 0.6 is 0 Å². The van der Waals surface area contributed by atoms with Crippen molar-refractivity contribution in [3.05, 3.63) is 70.5 Å². The topological polar surface area (TPSA) is 85.0 Å². The third-order valence-electron chi connectivity index (χ3n) is 5.46. The Labute approximate surface area is 184 Å². The molecule has 3 heterocycles. The van der Waals surface area contributed by atoms with E-state index in [1.165, 1.54) is 29.8 Å². The van der Waals surface area contributed by atoms with Crippen molar-refractivity contribution in [3.63, 3.8) is 0 Å². The maximum atomic E-state index is 13.4. The molecule has 3 aliphatic heterocycles. The van der Waals surface area contributed by atoms with Crippen LogP contribution in [0.15, 0.2) is 64.1 Å². The van der Waals surface area contributed by atoms with E-state index in [0.29, 0.717) is 35.4 Å². The van der Waals surface area contributed by atoms with E-state index in [4.69, 9.17) is 9.47 Å². The number of hydrogen-bond donors (Lipinski definition) is 0. The van der Waals surface area contributed by atoms with Crippen molar-refractivity contribution in [2.24, 2.45) is 4.99 Å². The minimum absolute atomic E-state index is 0.00140. The van der Waals surface area contributed by atoms with Crippen LogP contribution in [0.5, 0.6) is 0 Å². The predicted molar refractivity (Wildman–Crippen MR) is 113 cm³/mol. The Morgan fingerprint density at radius 1 is 1.22 bits per heavy atom. The Hall–Kier alpha value is -3.68. The van der Waals surface area contributed by atoms with Gasteiger partial charge in [-0.05, 0) is 37.5 Å². The molecule has 0 N–H and O–H groups in total. The van der Waals surface area contributed by atoms with Gasteiger partial charge < -0.3 is 9.47 Å². The highest BCUT2D eigenvalue weighted by molar-refractivity contribution is 6.53. The van der Waals surface area contributed by atoms with Crippen molar-refractivity contribution in [1.29, 1.82) is 0 Å². The SMILES string of the molecule is CCOC(=O)C1=C(CC)C2=NC=C(Cc3ccc(F)cc3)C3OC(C(C)=O)=C[N+](=C23)C1=O. The molecule has 8 heteroatoms. The van der Waals surface area contributed by atoms with Crippen LogP contribution in [-0.4, -0.2) is 46.4 Å². The first-order valence-corrected chi connectivity index (χ1v) is 10.4. The Kier molecular flexibility index (Phi) is 5.69. The number of carbonyl (C=O) groups is 3. The highest BCUT2D eigenvalue weighted by Crippen LogP contribution is 2.32. The van der Waals surface area contributed by atoms with Gasteiger partial charge >= 0.3 is 11.9 Å². The summed E-state index contributed by atoms with van der Waals surface area (Å²) in [5.41, 5.74) is 2.84. The second-order valence-corrected chi connectivity index (χ2v) is 7.52.